The Morgan fingerprint density at radius 3 is 1.45 bits per heavy atom. The van der Waals surface area contributed by atoms with Crippen LogP contribution in [0.1, 0.15) is 31.4 Å². The van der Waals surface area contributed by atoms with E-state index in [1.54, 1.807) is 13.8 Å². The summed E-state index contributed by atoms with van der Waals surface area (Å²) in [7, 11) is 0. The van der Waals surface area contributed by atoms with E-state index in [4.69, 9.17) is 46.4 Å². The van der Waals surface area contributed by atoms with Crippen LogP contribution in [0.15, 0.2) is 0 Å². The second kappa shape index (κ2) is 10.5. The molecule has 116 valence electrons. The predicted octanol–water partition coefficient (Wildman–Crippen LogP) is 5.05. The van der Waals surface area contributed by atoms with Gasteiger partial charge in [0.1, 0.15) is 0 Å². The van der Waals surface area contributed by atoms with Crippen molar-refractivity contribution in [3.63, 3.8) is 0 Å². The van der Waals surface area contributed by atoms with Crippen molar-refractivity contribution in [1.29, 1.82) is 0 Å². The molecule has 1 aromatic carbocycles. The highest BCUT2D eigenvalue weighted by molar-refractivity contribution is 6.52. The number of benzene rings is 1. The zero-order chi connectivity index (χ0) is 15.2. The first kappa shape index (κ1) is 22.1. The van der Waals surface area contributed by atoms with E-state index in [1.807, 2.05) is 13.8 Å². The summed E-state index contributed by atoms with van der Waals surface area (Å²) in [4.78, 5) is 10.2. The van der Waals surface area contributed by atoms with Gasteiger partial charge in [-0.1, -0.05) is 53.3 Å². The minimum Gasteiger partial charge on any atom is -0.466 e. The van der Waals surface area contributed by atoms with Gasteiger partial charge in [-0.2, -0.15) is 0 Å². The van der Waals surface area contributed by atoms with Crippen molar-refractivity contribution in [2.24, 2.45) is 0 Å². The molecule has 7 heteroatoms. The summed E-state index contributed by atoms with van der Waals surface area (Å²) in [5, 5.41) is 1.60. The normalized spacial score (nSPS) is 9.20. The van der Waals surface area contributed by atoms with E-state index in [-0.39, 0.29) is 11.4 Å². The standard InChI is InChI=1S/C8H6Cl4.C5H10O2.H2O/c1-3-4(2)6(10)8(12)7(11)5(3)9;1-3-5(6)7-4-2;/h1-2H3;3-4H2,1-2H3;1H2. The fourth-order valence-electron chi connectivity index (χ4n) is 1.11. The van der Waals surface area contributed by atoms with E-state index < -0.39 is 0 Å². The van der Waals surface area contributed by atoms with Crippen molar-refractivity contribution in [3.8, 4) is 0 Å². The summed E-state index contributed by atoms with van der Waals surface area (Å²) in [6.45, 7) is 7.77. The molecule has 0 saturated heterocycles. The first-order valence-electron chi connectivity index (χ1n) is 5.72. The average Bonchev–Trinajstić information content (AvgIpc) is 2.41. The molecule has 0 fully saturated rings. The van der Waals surface area contributed by atoms with E-state index in [1.165, 1.54) is 0 Å². The van der Waals surface area contributed by atoms with Crippen molar-refractivity contribution in [2.75, 3.05) is 6.61 Å². The number of halogens is 4. The molecule has 0 aliphatic carbocycles. The average molecular weight is 364 g/mol. The fourth-order valence-corrected chi connectivity index (χ4v) is 2.16. The molecule has 0 unspecified atom stereocenters. The van der Waals surface area contributed by atoms with Gasteiger partial charge in [-0.25, -0.2) is 0 Å². The molecule has 0 radical (unpaired) electrons. The van der Waals surface area contributed by atoms with Crippen molar-refractivity contribution >= 4 is 52.4 Å². The summed E-state index contributed by atoms with van der Waals surface area (Å²) in [5.74, 6) is -0.123. The second-order valence-corrected chi connectivity index (χ2v) is 5.18. The smallest absolute Gasteiger partial charge is 0.305 e. The van der Waals surface area contributed by atoms with Crippen molar-refractivity contribution in [3.05, 3.63) is 31.2 Å². The van der Waals surface area contributed by atoms with Crippen LogP contribution in [0.3, 0.4) is 0 Å². The van der Waals surface area contributed by atoms with Crippen molar-refractivity contribution in [2.45, 2.75) is 34.1 Å². The summed E-state index contributed by atoms with van der Waals surface area (Å²) in [5.41, 5.74) is 1.74. The van der Waals surface area contributed by atoms with Gasteiger partial charge in [0.15, 0.2) is 0 Å². The first-order chi connectivity index (χ1) is 8.77. The minimum absolute atomic E-state index is 0. The third-order valence-corrected chi connectivity index (χ3v) is 4.38. The lowest BCUT2D eigenvalue weighted by Gasteiger charge is -2.09. The van der Waals surface area contributed by atoms with E-state index in [0.29, 0.717) is 33.1 Å². The molecular weight excluding hydrogens is 346 g/mol. The molecule has 0 spiro atoms. The quantitative estimate of drug-likeness (QED) is 0.419. The first-order valence-corrected chi connectivity index (χ1v) is 7.23. The zero-order valence-corrected chi connectivity index (χ0v) is 14.8. The number of rotatable bonds is 2. The van der Waals surface area contributed by atoms with Crippen molar-refractivity contribution < 1.29 is 15.0 Å². The maximum Gasteiger partial charge on any atom is 0.305 e. The van der Waals surface area contributed by atoms with Crippen LogP contribution in [0.25, 0.3) is 0 Å². The Bertz CT molecular complexity index is 356. The molecule has 0 aromatic heterocycles. The largest absolute Gasteiger partial charge is 0.466 e. The zero-order valence-electron chi connectivity index (χ0n) is 11.7. The number of hydrogen-bond donors (Lipinski definition) is 0. The van der Waals surface area contributed by atoms with E-state index in [2.05, 4.69) is 4.74 Å². The van der Waals surface area contributed by atoms with Crippen LogP contribution >= 0.6 is 46.4 Å². The Morgan fingerprint density at radius 1 is 0.900 bits per heavy atom. The molecule has 1 aromatic rings. The molecule has 0 bridgehead atoms. The monoisotopic (exact) mass is 362 g/mol. The summed E-state index contributed by atoms with van der Waals surface area (Å²) in [6.07, 6.45) is 0.480. The van der Waals surface area contributed by atoms with Crippen LogP contribution in [0, 0.1) is 13.8 Å². The van der Waals surface area contributed by atoms with Crippen LogP contribution in [0.4, 0.5) is 0 Å². The van der Waals surface area contributed by atoms with Crippen LogP contribution in [-0.2, 0) is 9.53 Å². The Hall–Kier alpha value is -0.190. The number of carbonyl (C=O) groups excluding carboxylic acids is 1. The Morgan fingerprint density at radius 2 is 1.25 bits per heavy atom. The van der Waals surface area contributed by atoms with Gasteiger partial charge < -0.3 is 10.2 Å². The number of esters is 1. The fraction of sp³-hybridized carbons (Fsp3) is 0.462. The van der Waals surface area contributed by atoms with Crippen LogP contribution < -0.4 is 0 Å². The van der Waals surface area contributed by atoms with Crippen molar-refractivity contribution in [1.82, 2.24) is 0 Å². The highest BCUT2D eigenvalue weighted by Crippen LogP contribution is 2.40. The predicted molar refractivity (Wildman–Crippen MR) is 86.5 cm³/mol. The number of hydrogen-bond acceptors (Lipinski definition) is 2. The molecule has 1 rings (SSSR count). The van der Waals surface area contributed by atoms with Crippen LogP contribution in [0.5, 0.6) is 0 Å². The maximum absolute atomic E-state index is 10.2. The van der Waals surface area contributed by atoms with Crippen LogP contribution in [0.2, 0.25) is 20.1 Å². The molecule has 20 heavy (non-hydrogen) atoms. The van der Waals surface area contributed by atoms with Gasteiger partial charge in [0.2, 0.25) is 0 Å². The van der Waals surface area contributed by atoms with Gasteiger partial charge in [0.05, 0.1) is 26.7 Å². The molecule has 0 heterocycles. The lowest BCUT2D eigenvalue weighted by Crippen LogP contribution is -2.00. The highest BCUT2D eigenvalue weighted by atomic mass is 35.5. The highest BCUT2D eigenvalue weighted by Gasteiger charge is 2.14. The molecule has 0 aliphatic rings. The molecule has 2 N–H and O–H groups in total. The van der Waals surface area contributed by atoms with Gasteiger partial charge in [-0.15, -0.1) is 0 Å². The number of ether oxygens (including phenoxy) is 1. The molecule has 0 amide bonds. The van der Waals surface area contributed by atoms with E-state index in [9.17, 15) is 4.79 Å². The summed E-state index contributed by atoms with van der Waals surface area (Å²) in [6, 6.07) is 0. The molecule has 0 aliphatic heterocycles. The molecule has 3 nitrogen and oxygen atoms in total. The SMILES string of the molecule is CCOC(=O)CC.Cc1c(C)c(Cl)c(Cl)c(Cl)c1Cl.O. The topological polar surface area (TPSA) is 57.8 Å². The van der Waals surface area contributed by atoms with Gasteiger partial charge in [-0.05, 0) is 31.9 Å². The summed E-state index contributed by atoms with van der Waals surface area (Å²) >= 11 is 23.4. The Labute approximate surface area is 139 Å². The maximum atomic E-state index is 10.2. The molecular formula is C13H18Cl4O3. The second-order valence-electron chi connectivity index (χ2n) is 3.66. The molecule has 0 atom stereocenters. The van der Waals surface area contributed by atoms with E-state index in [0.717, 1.165) is 11.1 Å². The van der Waals surface area contributed by atoms with E-state index >= 15 is 0 Å². The lowest BCUT2D eigenvalue weighted by atomic mass is 10.1. The third-order valence-electron chi connectivity index (χ3n) is 2.39. The van der Waals surface area contributed by atoms with Gasteiger partial charge in [0.25, 0.3) is 0 Å². The number of carbonyl (C=O) groups is 1. The molecule has 0 saturated carbocycles. The summed E-state index contributed by atoms with van der Waals surface area (Å²) < 4.78 is 4.55. The Kier molecular flexibility index (Phi) is 11.6. The Balaban J connectivity index is 0. The van der Waals surface area contributed by atoms with Gasteiger partial charge in [-0.3, -0.25) is 4.79 Å². The van der Waals surface area contributed by atoms with Gasteiger partial charge >= 0.3 is 5.97 Å². The lowest BCUT2D eigenvalue weighted by molar-refractivity contribution is -0.142. The third kappa shape index (κ3) is 6.06. The van der Waals surface area contributed by atoms with Crippen LogP contribution in [-0.4, -0.2) is 18.1 Å². The minimum atomic E-state index is -0.123. The van der Waals surface area contributed by atoms with Gasteiger partial charge in [0, 0.05) is 6.42 Å².